The lowest BCUT2D eigenvalue weighted by Crippen LogP contribution is -2.16. The highest BCUT2D eigenvalue weighted by molar-refractivity contribution is 7.90. The van der Waals surface area contributed by atoms with E-state index in [1.54, 1.807) is 48.5 Å². The molecule has 112 valence electrons. The minimum absolute atomic E-state index is 0.296. The molecule has 6 heteroatoms. The molecule has 0 aliphatic rings. The molecule has 0 saturated heterocycles. The van der Waals surface area contributed by atoms with E-state index in [4.69, 9.17) is 23.2 Å². The summed E-state index contributed by atoms with van der Waals surface area (Å²) in [6.45, 7) is 0. The molecule has 1 N–H and O–H groups in total. The zero-order chi connectivity index (χ0) is 15.5. The zero-order valence-corrected chi connectivity index (χ0v) is 13.4. The molecule has 0 aromatic heterocycles. The van der Waals surface area contributed by atoms with Crippen LogP contribution in [-0.4, -0.2) is 19.3 Å². The van der Waals surface area contributed by atoms with Crippen LogP contribution in [0.4, 0.5) is 0 Å². The van der Waals surface area contributed by atoms with E-state index in [2.05, 4.69) is 0 Å². The van der Waals surface area contributed by atoms with Crippen molar-refractivity contribution in [1.82, 2.24) is 0 Å². The molecular weight excluding hydrogens is 331 g/mol. The largest absolute Gasteiger partial charge is 0.387 e. The van der Waals surface area contributed by atoms with Gasteiger partial charge in [0.05, 0.1) is 17.6 Å². The Morgan fingerprint density at radius 3 is 2.10 bits per heavy atom. The first kappa shape index (κ1) is 16.3. The summed E-state index contributed by atoms with van der Waals surface area (Å²) in [5.41, 5.74) is 0.924. The third-order valence-electron chi connectivity index (χ3n) is 3.02. The summed E-state index contributed by atoms with van der Waals surface area (Å²) < 4.78 is 24.4. The number of sulfone groups is 1. The van der Waals surface area contributed by atoms with Crippen LogP contribution in [0.25, 0.3) is 0 Å². The van der Waals surface area contributed by atoms with Gasteiger partial charge in [0.2, 0.25) is 0 Å². The van der Waals surface area contributed by atoms with E-state index in [1.165, 1.54) is 0 Å². The Hall–Kier alpha value is -1.07. The van der Waals surface area contributed by atoms with Crippen LogP contribution in [0.15, 0.2) is 48.5 Å². The van der Waals surface area contributed by atoms with E-state index >= 15 is 0 Å². The molecule has 0 heterocycles. The van der Waals surface area contributed by atoms with Crippen molar-refractivity contribution < 1.29 is 13.5 Å². The SMILES string of the molecule is O=S(=O)(Cc1c(Cl)cccc1Cl)CC(O)c1ccccc1. The zero-order valence-electron chi connectivity index (χ0n) is 11.0. The number of aliphatic hydroxyl groups excluding tert-OH is 1. The summed E-state index contributed by atoms with van der Waals surface area (Å²) in [6, 6.07) is 13.5. The molecule has 0 fully saturated rings. The van der Waals surface area contributed by atoms with Crippen LogP contribution in [0, 0.1) is 0 Å². The first-order valence-corrected chi connectivity index (χ1v) is 8.83. The van der Waals surface area contributed by atoms with Crippen LogP contribution >= 0.6 is 23.2 Å². The minimum atomic E-state index is -3.55. The molecule has 0 spiro atoms. The second kappa shape index (κ2) is 6.79. The average Bonchev–Trinajstić information content (AvgIpc) is 2.43. The Morgan fingerprint density at radius 2 is 1.52 bits per heavy atom. The summed E-state index contributed by atoms with van der Waals surface area (Å²) in [7, 11) is -3.55. The maximum atomic E-state index is 12.2. The van der Waals surface area contributed by atoms with Crippen molar-refractivity contribution in [3.05, 3.63) is 69.7 Å². The fraction of sp³-hybridized carbons (Fsp3) is 0.200. The predicted molar refractivity (Wildman–Crippen MR) is 85.4 cm³/mol. The molecule has 0 aliphatic carbocycles. The van der Waals surface area contributed by atoms with Crippen LogP contribution in [0.5, 0.6) is 0 Å². The van der Waals surface area contributed by atoms with Gasteiger partial charge in [-0.25, -0.2) is 8.42 Å². The normalized spacial score (nSPS) is 13.1. The Bertz CT molecular complexity index is 695. The van der Waals surface area contributed by atoms with E-state index in [1.807, 2.05) is 0 Å². The van der Waals surface area contributed by atoms with Crippen molar-refractivity contribution in [2.24, 2.45) is 0 Å². The molecule has 0 bridgehead atoms. The standard InChI is InChI=1S/C15H14Cl2O3S/c16-13-7-4-8-14(17)12(13)9-21(19,20)10-15(18)11-5-2-1-3-6-11/h1-8,15,18H,9-10H2. The van der Waals surface area contributed by atoms with Gasteiger partial charge >= 0.3 is 0 Å². The number of rotatable bonds is 5. The average molecular weight is 345 g/mol. The van der Waals surface area contributed by atoms with Crippen molar-refractivity contribution in [3.63, 3.8) is 0 Å². The van der Waals surface area contributed by atoms with Gasteiger partial charge in [-0.3, -0.25) is 0 Å². The van der Waals surface area contributed by atoms with Gasteiger partial charge in [0.25, 0.3) is 0 Å². The third kappa shape index (κ3) is 4.45. The Balaban J connectivity index is 2.16. The van der Waals surface area contributed by atoms with Crippen molar-refractivity contribution in [3.8, 4) is 0 Å². The van der Waals surface area contributed by atoms with Crippen LogP contribution < -0.4 is 0 Å². The fourth-order valence-corrected chi connectivity index (χ4v) is 4.19. The monoisotopic (exact) mass is 344 g/mol. The van der Waals surface area contributed by atoms with Crippen molar-refractivity contribution in [2.45, 2.75) is 11.9 Å². The van der Waals surface area contributed by atoms with Crippen LogP contribution in [0.1, 0.15) is 17.2 Å². The number of hydrogen-bond donors (Lipinski definition) is 1. The molecule has 2 rings (SSSR count). The quantitative estimate of drug-likeness (QED) is 0.900. The highest BCUT2D eigenvalue weighted by Gasteiger charge is 2.21. The molecule has 0 amide bonds. The van der Waals surface area contributed by atoms with Gasteiger partial charge in [0.15, 0.2) is 9.84 Å². The minimum Gasteiger partial charge on any atom is -0.387 e. The van der Waals surface area contributed by atoms with Gasteiger partial charge in [0.1, 0.15) is 0 Å². The number of aliphatic hydroxyl groups is 1. The second-order valence-electron chi connectivity index (χ2n) is 4.68. The van der Waals surface area contributed by atoms with Gasteiger partial charge in [0, 0.05) is 15.6 Å². The lowest BCUT2D eigenvalue weighted by molar-refractivity contribution is 0.201. The van der Waals surface area contributed by atoms with E-state index < -0.39 is 15.9 Å². The van der Waals surface area contributed by atoms with Gasteiger partial charge in [-0.1, -0.05) is 59.6 Å². The van der Waals surface area contributed by atoms with Crippen LogP contribution in [-0.2, 0) is 15.6 Å². The van der Waals surface area contributed by atoms with Crippen molar-refractivity contribution in [2.75, 3.05) is 5.75 Å². The van der Waals surface area contributed by atoms with E-state index in [0.717, 1.165) is 0 Å². The summed E-state index contributed by atoms with van der Waals surface area (Å²) in [6.07, 6.45) is -1.07. The molecular formula is C15H14Cl2O3S. The van der Waals surface area contributed by atoms with Gasteiger partial charge in [-0.2, -0.15) is 0 Å². The van der Waals surface area contributed by atoms with Gasteiger partial charge in [-0.05, 0) is 17.7 Å². The van der Waals surface area contributed by atoms with E-state index in [9.17, 15) is 13.5 Å². The lowest BCUT2D eigenvalue weighted by atomic mass is 10.1. The summed E-state index contributed by atoms with van der Waals surface area (Å²) in [4.78, 5) is 0. The summed E-state index contributed by atoms with van der Waals surface area (Å²) in [5.74, 6) is -0.673. The predicted octanol–water partition coefficient (Wildman–Crippen LogP) is 3.64. The molecule has 1 atom stereocenters. The van der Waals surface area contributed by atoms with Crippen molar-refractivity contribution >= 4 is 33.0 Å². The molecule has 2 aromatic rings. The number of benzene rings is 2. The molecule has 0 aliphatic heterocycles. The first-order valence-electron chi connectivity index (χ1n) is 6.25. The molecule has 0 saturated carbocycles. The lowest BCUT2D eigenvalue weighted by Gasteiger charge is -2.13. The Kier molecular flexibility index (Phi) is 5.27. The van der Waals surface area contributed by atoms with Crippen LogP contribution in [0.2, 0.25) is 10.0 Å². The fourth-order valence-electron chi connectivity index (χ4n) is 1.96. The van der Waals surface area contributed by atoms with E-state index in [-0.39, 0.29) is 11.5 Å². The molecule has 21 heavy (non-hydrogen) atoms. The van der Waals surface area contributed by atoms with Gasteiger partial charge in [-0.15, -0.1) is 0 Å². The number of hydrogen-bond acceptors (Lipinski definition) is 3. The van der Waals surface area contributed by atoms with Crippen LogP contribution in [0.3, 0.4) is 0 Å². The molecule has 2 aromatic carbocycles. The first-order chi connectivity index (χ1) is 9.89. The number of halogens is 2. The Morgan fingerprint density at radius 1 is 0.952 bits per heavy atom. The maximum absolute atomic E-state index is 12.2. The second-order valence-corrected chi connectivity index (χ2v) is 7.60. The van der Waals surface area contributed by atoms with Gasteiger partial charge < -0.3 is 5.11 Å². The molecule has 3 nitrogen and oxygen atoms in total. The Labute approximate surface area is 134 Å². The maximum Gasteiger partial charge on any atom is 0.157 e. The summed E-state index contributed by atoms with van der Waals surface area (Å²) >= 11 is 12.0. The molecule has 1 unspecified atom stereocenters. The van der Waals surface area contributed by atoms with E-state index in [0.29, 0.717) is 21.2 Å². The molecule has 0 radical (unpaired) electrons. The highest BCUT2D eigenvalue weighted by Crippen LogP contribution is 2.27. The van der Waals surface area contributed by atoms with Crippen molar-refractivity contribution in [1.29, 1.82) is 0 Å². The third-order valence-corrected chi connectivity index (χ3v) is 5.28. The summed E-state index contributed by atoms with van der Waals surface area (Å²) in [5, 5.41) is 10.6. The topological polar surface area (TPSA) is 54.4 Å². The highest BCUT2D eigenvalue weighted by atomic mass is 35.5. The smallest absolute Gasteiger partial charge is 0.157 e.